The van der Waals surface area contributed by atoms with Crippen molar-refractivity contribution in [3.8, 4) is 0 Å². The third kappa shape index (κ3) is 6.14. The van der Waals surface area contributed by atoms with Crippen LogP contribution in [0.25, 0.3) is 0 Å². The Kier molecular flexibility index (Phi) is 9.22. The summed E-state index contributed by atoms with van der Waals surface area (Å²) in [5.41, 5.74) is 1.54. The highest BCUT2D eigenvalue weighted by Crippen LogP contribution is 2.27. The summed E-state index contributed by atoms with van der Waals surface area (Å²) in [5.74, 6) is 0.221. The highest BCUT2D eigenvalue weighted by atomic mass is 35.5. The van der Waals surface area contributed by atoms with Gasteiger partial charge in [0.25, 0.3) is 0 Å². The normalized spacial score (nSPS) is 22.5. The van der Waals surface area contributed by atoms with Crippen LogP contribution in [0.5, 0.6) is 0 Å². The molecule has 2 aliphatic heterocycles. The smallest absolute Gasteiger partial charge is 0.237 e. The standard InChI is InChI=1S/C19H29N3O.2ClH/c1-19(9-11-20-12-10-19)15-21-18(23)17-8-5-13-22(17)14-16-6-3-2-4-7-16;;/h2-4,6-7,17,20H,5,8-15H2,1H3,(H,21,23);2*1H. The van der Waals surface area contributed by atoms with Gasteiger partial charge in [0, 0.05) is 13.1 Å². The summed E-state index contributed by atoms with van der Waals surface area (Å²) < 4.78 is 0. The Bertz CT molecular complexity index is 521. The first kappa shape index (κ1) is 22.2. The summed E-state index contributed by atoms with van der Waals surface area (Å²) in [5, 5.41) is 6.64. The van der Waals surface area contributed by atoms with Crippen LogP contribution in [0.3, 0.4) is 0 Å². The molecule has 6 heteroatoms. The maximum absolute atomic E-state index is 12.7. The molecular weight excluding hydrogens is 357 g/mol. The molecule has 0 radical (unpaired) electrons. The molecule has 2 saturated heterocycles. The van der Waals surface area contributed by atoms with Crippen molar-refractivity contribution in [2.24, 2.45) is 5.41 Å². The van der Waals surface area contributed by atoms with Crippen molar-refractivity contribution in [3.05, 3.63) is 35.9 Å². The van der Waals surface area contributed by atoms with Crippen LogP contribution in [0.2, 0.25) is 0 Å². The Morgan fingerprint density at radius 2 is 1.92 bits per heavy atom. The number of hydrogen-bond donors (Lipinski definition) is 2. The van der Waals surface area contributed by atoms with E-state index in [0.717, 1.165) is 58.4 Å². The largest absolute Gasteiger partial charge is 0.354 e. The molecule has 25 heavy (non-hydrogen) atoms. The van der Waals surface area contributed by atoms with Crippen LogP contribution in [-0.2, 0) is 11.3 Å². The number of carbonyl (C=O) groups is 1. The van der Waals surface area contributed by atoms with Crippen molar-refractivity contribution in [1.82, 2.24) is 15.5 Å². The molecule has 1 amide bonds. The molecule has 0 aromatic heterocycles. The highest BCUT2D eigenvalue weighted by molar-refractivity contribution is 5.85. The van der Waals surface area contributed by atoms with Gasteiger partial charge in [-0.1, -0.05) is 37.3 Å². The van der Waals surface area contributed by atoms with Crippen LogP contribution in [0, 0.1) is 5.41 Å². The molecule has 0 saturated carbocycles. The number of nitrogens with one attached hydrogen (secondary N) is 2. The second-order valence-corrected chi connectivity index (χ2v) is 7.39. The SMILES string of the molecule is CC1(CNC(=O)C2CCCN2Cc2ccccc2)CCNCC1.Cl.Cl. The maximum Gasteiger partial charge on any atom is 0.237 e. The van der Waals surface area contributed by atoms with Gasteiger partial charge >= 0.3 is 0 Å². The fourth-order valence-corrected chi connectivity index (χ4v) is 3.76. The van der Waals surface area contributed by atoms with Gasteiger partial charge in [0.1, 0.15) is 0 Å². The zero-order valence-electron chi connectivity index (χ0n) is 15.0. The topological polar surface area (TPSA) is 44.4 Å². The molecule has 2 N–H and O–H groups in total. The summed E-state index contributed by atoms with van der Waals surface area (Å²) in [4.78, 5) is 15.0. The first-order chi connectivity index (χ1) is 11.2. The molecule has 3 rings (SSSR count). The average Bonchev–Trinajstić information content (AvgIpc) is 3.03. The number of amides is 1. The zero-order valence-corrected chi connectivity index (χ0v) is 16.6. The van der Waals surface area contributed by atoms with Gasteiger partial charge in [-0.25, -0.2) is 0 Å². The predicted octanol–water partition coefficient (Wildman–Crippen LogP) is 3.00. The highest BCUT2D eigenvalue weighted by Gasteiger charge is 2.33. The number of hydrogen-bond acceptors (Lipinski definition) is 3. The number of halogens is 2. The molecule has 2 heterocycles. The van der Waals surface area contributed by atoms with Gasteiger partial charge < -0.3 is 10.6 Å². The Morgan fingerprint density at radius 3 is 2.60 bits per heavy atom. The molecule has 0 aliphatic carbocycles. The lowest BCUT2D eigenvalue weighted by Crippen LogP contribution is -2.48. The third-order valence-corrected chi connectivity index (χ3v) is 5.39. The molecule has 4 nitrogen and oxygen atoms in total. The van der Waals surface area contributed by atoms with Crippen molar-refractivity contribution in [2.75, 3.05) is 26.2 Å². The van der Waals surface area contributed by atoms with Gasteiger partial charge in [-0.2, -0.15) is 0 Å². The minimum atomic E-state index is 0. The van der Waals surface area contributed by atoms with E-state index in [9.17, 15) is 4.79 Å². The average molecular weight is 388 g/mol. The Labute approximate surface area is 163 Å². The van der Waals surface area contributed by atoms with Gasteiger partial charge in [0.15, 0.2) is 0 Å². The first-order valence-corrected chi connectivity index (χ1v) is 8.93. The Hall–Kier alpha value is -0.810. The molecule has 0 spiro atoms. The summed E-state index contributed by atoms with van der Waals surface area (Å²) in [6.07, 6.45) is 4.39. The molecule has 1 unspecified atom stereocenters. The van der Waals surface area contributed by atoms with Gasteiger partial charge in [0.05, 0.1) is 6.04 Å². The van der Waals surface area contributed by atoms with E-state index in [-0.39, 0.29) is 42.2 Å². The fraction of sp³-hybridized carbons (Fsp3) is 0.632. The van der Waals surface area contributed by atoms with Gasteiger partial charge in [-0.15, -0.1) is 24.8 Å². The van der Waals surface area contributed by atoms with Crippen molar-refractivity contribution in [1.29, 1.82) is 0 Å². The molecule has 1 atom stereocenters. The van der Waals surface area contributed by atoms with Gasteiger partial charge in [0.2, 0.25) is 5.91 Å². The quantitative estimate of drug-likeness (QED) is 0.815. The summed E-state index contributed by atoms with van der Waals surface area (Å²) >= 11 is 0. The lowest BCUT2D eigenvalue weighted by molar-refractivity contribution is -0.126. The zero-order chi connectivity index (χ0) is 16.1. The van der Waals surface area contributed by atoms with Crippen LogP contribution in [0.4, 0.5) is 0 Å². The van der Waals surface area contributed by atoms with E-state index in [1.54, 1.807) is 0 Å². The third-order valence-electron chi connectivity index (χ3n) is 5.39. The van der Waals surface area contributed by atoms with E-state index in [1.807, 2.05) is 6.07 Å². The molecule has 2 aliphatic rings. The number of piperidine rings is 1. The van der Waals surface area contributed by atoms with Crippen LogP contribution in [-0.4, -0.2) is 43.0 Å². The van der Waals surface area contributed by atoms with Gasteiger partial charge in [-0.05, 0) is 56.3 Å². The second kappa shape index (κ2) is 10.4. The van der Waals surface area contributed by atoms with Gasteiger partial charge in [-0.3, -0.25) is 9.69 Å². The van der Waals surface area contributed by atoms with E-state index in [0.29, 0.717) is 0 Å². The number of likely N-dealkylation sites (tertiary alicyclic amines) is 1. The Morgan fingerprint density at radius 1 is 1.24 bits per heavy atom. The number of benzene rings is 1. The van der Waals surface area contributed by atoms with E-state index in [4.69, 9.17) is 0 Å². The molecular formula is C19H31Cl2N3O. The summed E-state index contributed by atoms with van der Waals surface area (Å²) in [6, 6.07) is 10.5. The molecule has 1 aromatic rings. The minimum Gasteiger partial charge on any atom is -0.354 e. The van der Waals surface area contributed by atoms with E-state index in [1.165, 1.54) is 5.56 Å². The maximum atomic E-state index is 12.7. The lowest BCUT2D eigenvalue weighted by Gasteiger charge is -2.35. The van der Waals surface area contributed by atoms with Crippen molar-refractivity contribution >= 4 is 30.7 Å². The number of rotatable bonds is 5. The van der Waals surface area contributed by atoms with Crippen molar-refractivity contribution in [3.63, 3.8) is 0 Å². The van der Waals surface area contributed by atoms with Crippen LogP contribution < -0.4 is 10.6 Å². The van der Waals surface area contributed by atoms with Crippen molar-refractivity contribution < 1.29 is 4.79 Å². The monoisotopic (exact) mass is 387 g/mol. The molecule has 142 valence electrons. The first-order valence-electron chi connectivity index (χ1n) is 8.93. The van der Waals surface area contributed by atoms with E-state index >= 15 is 0 Å². The molecule has 1 aromatic carbocycles. The van der Waals surface area contributed by atoms with Crippen LogP contribution in [0.15, 0.2) is 30.3 Å². The Balaban J connectivity index is 0.00000156. The molecule has 2 fully saturated rings. The summed E-state index contributed by atoms with van der Waals surface area (Å²) in [7, 11) is 0. The number of carbonyl (C=O) groups excluding carboxylic acids is 1. The summed E-state index contributed by atoms with van der Waals surface area (Å²) in [6.45, 7) is 7.13. The molecule has 0 bridgehead atoms. The number of nitrogens with zero attached hydrogens (tertiary/aromatic N) is 1. The van der Waals surface area contributed by atoms with E-state index < -0.39 is 0 Å². The predicted molar refractivity (Wildman–Crippen MR) is 108 cm³/mol. The lowest BCUT2D eigenvalue weighted by atomic mass is 9.81. The van der Waals surface area contributed by atoms with Crippen molar-refractivity contribution in [2.45, 2.75) is 45.2 Å². The minimum absolute atomic E-state index is 0. The van der Waals surface area contributed by atoms with E-state index in [2.05, 4.69) is 46.7 Å². The second-order valence-electron chi connectivity index (χ2n) is 7.39. The fourth-order valence-electron chi connectivity index (χ4n) is 3.76. The van der Waals surface area contributed by atoms with Crippen LogP contribution >= 0.6 is 24.8 Å². The van der Waals surface area contributed by atoms with Crippen LogP contribution in [0.1, 0.15) is 38.2 Å².